The zero-order chi connectivity index (χ0) is 20.9. The first-order chi connectivity index (χ1) is 15.3. The van der Waals surface area contributed by atoms with Gasteiger partial charge in [-0.05, 0) is 47.5 Å². The first-order valence-electron chi connectivity index (χ1n) is 10.3. The standard InChI is InChI=1S/C29H21NO/c1-4-10-23(11-5-1)28-20-25(21-29(30-28)24-12-6-2-7-13-24)22-16-18-27(19-17-22)31-26-14-8-3-9-15-26/h1-21H. The molecule has 0 amide bonds. The SMILES string of the molecule is c1ccc(Oc2ccc(-c3cc(-c4ccccc4)nc(-c4ccccc4)c3)cc2)cc1. The van der Waals surface area contributed by atoms with E-state index >= 15 is 0 Å². The first-order valence-corrected chi connectivity index (χ1v) is 10.3. The number of aromatic nitrogens is 1. The van der Waals surface area contributed by atoms with Crippen molar-refractivity contribution < 1.29 is 4.74 Å². The fraction of sp³-hybridized carbons (Fsp3) is 0. The number of rotatable bonds is 5. The molecular weight excluding hydrogens is 378 g/mol. The van der Waals surface area contributed by atoms with Crippen LogP contribution in [0.4, 0.5) is 0 Å². The average Bonchev–Trinajstić information content (AvgIpc) is 2.86. The minimum atomic E-state index is 0.815. The number of hydrogen-bond acceptors (Lipinski definition) is 2. The van der Waals surface area contributed by atoms with Crippen LogP contribution in [0, 0.1) is 0 Å². The Morgan fingerprint density at radius 2 is 0.839 bits per heavy atom. The molecule has 148 valence electrons. The Kier molecular flexibility index (Phi) is 5.27. The average molecular weight is 399 g/mol. The van der Waals surface area contributed by atoms with Gasteiger partial charge in [0.05, 0.1) is 11.4 Å². The van der Waals surface area contributed by atoms with Crippen LogP contribution in [0.15, 0.2) is 127 Å². The van der Waals surface area contributed by atoms with Crippen LogP contribution >= 0.6 is 0 Å². The number of benzene rings is 4. The van der Waals surface area contributed by atoms with E-state index in [2.05, 4.69) is 48.5 Å². The van der Waals surface area contributed by atoms with Crippen LogP contribution < -0.4 is 4.74 Å². The maximum absolute atomic E-state index is 5.94. The Balaban J connectivity index is 1.53. The maximum Gasteiger partial charge on any atom is 0.127 e. The summed E-state index contributed by atoms with van der Waals surface area (Å²) in [5.41, 5.74) is 6.37. The van der Waals surface area contributed by atoms with Crippen molar-refractivity contribution in [2.75, 3.05) is 0 Å². The summed E-state index contributed by atoms with van der Waals surface area (Å²) < 4.78 is 5.94. The van der Waals surface area contributed by atoms with Crippen molar-refractivity contribution in [2.45, 2.75) is 0 Å². The predicted octanol–water partition coefficient (Wildman–Crippen LogP) is 7.87. The van der Waals surface area contributed by atoms with E-state index in [-0.39, 0.29) is 0 Å². The van der Waals surface area contributed by atoms with Crippen LogP contribution in [0.25, 0.3) is 33.6 Å². The summed E-state index contributed by atoms with van der Waals surface area (Å²) in [6.45, 7) is 0. The van der Waals surface area contributed by atoms with Crippen LogP contribution in [-0.2, 0) is 0 Å². The quantitative estimate of drug-likeness (QED) is 0.300. The summed E-state index contributed by atoms with van der Waals surface area (Å²) in [5, 5.41) is 0. The van der Waals surface area contributed by atoms with Crippen LogP contribution in [0.5, 0.6) is 11.5 Å². The van der Waals surface area contributed by atoms with Gasteiger partial charge in [0, 0.05) is 11.1 Å². The predicted molar refractivity (Wildman–Crippen MR) is 127 cm³/mol. The molecule has 0 aliphatic heterocycles. The van der Waals surface area contributed by atoms with Crippen LogP contribution in [0.1, 0.15) is 0 Å². The summed E-state index contributed by atoms with van der Waals surface area (Å²) in [6.07, 6.45) is 0. The lowest BCUT2D eigenvalue weighted by atomic mass is 10.00. The molecule has 0 saturated heterocycles. The van der Waals surface area contributed by atoms with Gasteiger partial charge in [-0.15, -0.1) is 0 Å². The fourth-order valence-corrected chi connectivity index (χ4v) is 3.55. The molecule has 0 unspecified atom stereocenters. The van der Waals surface area contributed by atoms with Gasteiger partial charge in [-0.25, -0.2) is 4.98 Å². The van der Waals surface area contributed by atoms with Crippen LogP contribution in [0.3, 0.4) is 0 Å². The highest BCUT2D eigenvalue weighted by Crippen LogP contribution is 2.31. The molecule has 0 aliphatic carbocycles. The Morgan fingerprint density at radius 1 is 0.387 bits per heavy atom. The van der Waals surface area contributed by atoms with E-state index in [0.29, 0.717) is 0 Å². The van der Waals surface area contributed by atoms with Gasteiger partial charge in [-0.2, -0.15) is 0 Å². The molecule has 0 bridgehead atoms. The number of para-hydroxylation sites is 1. The highest BCUT2D eigenvalue weighted by molar-refractivity contribution is 5.76. The van der Waals surface area contributed by atoms with E-state index in [1.807, 2.05) is 78.9 Å². The Bertz CT molecular complexity index is 1210. The highest BCUT2D eigenvalue weighted by Gasteiger charge is 2.09. The lowest BCUT2D eigenvalue weighted by Crippen LogP contribution is -1.91. The molecule has 31 heavy (non-hydrogen) atoms. The van der Waals surface area contributed by atoms with E-state index in [0.717, 1.165) is 45.1 Å². The van der Waals surface area contributed by atoms with Crippen LogP contribution in [0.2, 0.25) is 0 Å². The minimum Gasteiger partial charge on any atom is -0.457 e. The lowest BCUT2D eigenvalue weighted by molar-refractivity contribution is 0.483. The largest absolute Gasteiger partial charge is 0.457 e. The van der Waals surface area contributed by atoms with Crippen molar-refractivity contribution >= 4 is 0 Å². The van der Waals surface area contributed by atoms with Crippen molar-refractivity contribution in [1.29, 1.82) is 0 Å². The molecule has 0 radical (unpaired) electrons. The number of nitrogens with zero attached hydrogens (tertiary/aromatic N) is 1. The summed E-state index contributed by atoms with van der Waals surface area (Å²) in [7, 11) is 0. The van der Waals surface area contributed by atoms with E-state index < -0.39 is 0 Å². The van der Waals surface area contributed by atoms with Gasteiger partial charge in [0.2, 0.25) is 0 Å². The van der Waals surface area contributed by atoms with Gasteiger partial charge in [-0.3, -0.25) is 0 Å². The number of hydrogen-bond donors (Lipinski definition) is 0. The molecule has 2 nitrogen and oxygen atoms in total. The monoisotopic (exact) mass is 399 g/mol. The van der Waals surface area contributed by atoms with Crippen molar-refractivity contribution in [2.24, 2.45) is 0 Å². The Morgan fingerprint density at radius 3 is 1.35 bits per heavy atom. The van der Waals surface area contributed by atoms with E-state index in [4.69, 9.17) is 9.72 Å². The zero-order valence-electron chi connectivity index (χ0n) is 17.0. The second-order valence-electron chi connectivity index (χ2n) is 7.30. The zero-order valence-corrected chi connectivity index (χ0v) is 17.0. The van der Waals surface area contributed by atoms with E-state index in [1.54, 1.807) is 0 Å². The number of pyridine rings is 1. The van der Waals surface area contributed by atoms with Gasteiger partial charge < -0.3 is 4.74 Å². The molecule has 5 rings (SSSR count). The highest BCUT2D eigenvalue weighted by atomic mass is 16.5. The molecule has 0 spiro atoms. The van der Waals surface area contributed by atoms with Crippen molar-refractivity contribution in [3.05, 3.63) is 127 Å². The molecule has 0 atom stereocenters. The second kappa shape index (κ2) is 8.68. The third-order valence-electron chi connectivity index (χ3n) is 5.13. The van der Waals surface area contributed by atoms with Gasteiger partial charge in [0.15, 0.2) is 0 Å². The number of ether oxygens (including phenoxy) is 1. The molecule has 2 heteroatoms. The van der Waals surface area contributed by atoms with Crippen molar-refractivity contribution in [3.63, 3.8) is 0 Å². The Hall–Kier alpha value is -4.17. The van der Waals surface area contributed by atoms with Gasteiger partial charge in [0.1, 0.15) is 11.5 Å². The van der Waals surface area contributed by atoms with Gasteiger partial charge >= 0.3 is 0 Å². The van der Waals surface area contributed by atoms with E-state index in [9.17, 15) is 0 Å². The fourth-order valence-electron chi connectivity index (χ4n) is 3.55. The molecule has 5 aromatic rings. The third kappa shape index (κ3) is 4.39. The smallest absolute Gasteiger partial charge is 0.127 e. The molecule has 0 N–H and O–H groups in total. The third-order valence-corrected chi connectivity index (χ3v) is 5.13. The second-order valence-corrected chi connectivity index (χ2v) is 7.30. The van der Waals surface area contributed by atoms with Crippen LogP contribution in [-0.4, -0.2) is 4.98 Å². The molecular formula is C29H21NO. The minimum absolute atomic E-state index is 0.815. The lowest BCUT2D eigenvalue weighted by Gasteiger charge is -2.11. The van der Waals surface area contributed by atoms with Gasteiger partial charge in [0.25, 0.3) is 0 Å². The topological polar surface area (TPSA) is 22.1 Å². The molecule has 0 saturated carbocycles. The first kappa shape index (κ1) is 18.8. The Labute approximate surface area is 182 Å². The molecule has 1 heterocycles. The maximum atomic E-state index is 5.94. The summed E-state index contributed by atoms with van der Waals surface area (Å²) >= 11 is 0. The summed E-state index contributed by atoms with van der Waals surface area (Å²) in [5.74, 6) is 1.65. The van der Waals surface area contributed by atoms with Crippen molar-refractivity contribution in [3.8, 4) is 45.1 Å². The van der Waals surface area contributed by atoms with Gasteiger partial charge in [-0.1, -0.05) is 91.0 Å². The molecule has 4 aromatic carbocycles. The summed E-state index contributed by atoms with van der Waals surface area (Å²) in [6, 6.07) is 42.9. The molecule has 0 fully saturated rings. The summed E-state index contributed by atoms with van der Waals surface area (Å²) in [4.78, 5) is 4.95. The molecule has 1 aromatic heterocycles. The van der Waals surface area contributed by atoms with Crippen molar-refractivity contribution in [1.82, 2.24) is 4.98 Å². The molecule has 0 aliphatic rings. The van der Waals surface area contributed by atoms with E-state index in [1.165, 1.54) is 0 Å². The normalized spacial score (nSPS) is 10.6.